The van der Waals surface area contributed by atoms with E-state index in [9.17, 15) is 0 Å². The van der Waals surface area contributed by atoms with Gasteiger partial charge in [-0.3, -0.25) is 4.90 Å². The lowest BCUT2D eigenvalue weighted by Gasteiger charge is -2.54. The molecule has 3 atom stereocenters. The molecule has 2 fully saturated rings. The van der Waals surface area contributed by atoms with Crippen LogP contribution < -0.4 is 0 Å². The summed E-state index contributed by atoms with van der Waals surface area (Å²) >= 11 is 0. The molecule has 0 spiro atoms. The van der Waals surface area contributed by atoms with E-state index in [-0.39, 0.29) is 5.41 Å². The third-order valence-corrected chi connectivity index (χ3v) is 8.12. The quantitative estimate of drug-likeness (QED) is 0.571. The van der Waals surface area contributed by atoms with Crippen molar-refractivity contribution >= 4 is 11.0 Å². The summed E-state index contributed by atoms with van der Waals surface area (Å²) in [5.74, 6) is 0.869. The Labute approximate surface area is 176 Å². The largest absolute Gasteiger partial charge is 0.356 e. The zero-order valence-electron chi connectivity index (χ0n) is 19.2. The highest BCUT2D eigenvalue weighted by Gasteiger charge is 2.45. The molecular formula is C26H38N2O. The molecule has 3 unspecified atom stereocenters. The Morgan fingerprint density at radius 2 is 1.62 bits per heavy atom. The highest BCUT2D eigenvalue weighted by atomic mass is 16.5. The zero-order chi connectivity index (χ0) is 20.6. The normalized spacial score (nSPS) is 30.7. The highest BCUT2D eigenvalue weighted by molar-refractivity contribution is 5.85. The molecule has 29 heavy (non-hydrogen) atoms. The molecule has 1 aromatic carbocycles. The lowest BCUT2D eigenvalue weighted by Crippen LogP contribution is -2.58. The Balaban J connectivity index is 1.43. The minimum absolute atomic E-state index is 0.0172. The van der Waals surface area contributed by atoms with E-state index in [1.165, 1.54) is 55.0 Å². The molecule has 1 aromatic heterocycles. The van der Waals surface area contributed by atoms with Crippen molar-refractivity contribution in [2.45, 2.75) is 110 Å². The van der Waals surface area contributed by atoms with Gasteiger partial charge in [0.25, 0.3) is 0 Å². The smallest absolute Gasteiger partial charge is 0.170 e. The van der Waals surface area contributed by atoms with Crippen molar-refractivity contribution in [2.75, 3.05) is 0 Å². The van der Waals surface area contributed by atoms with Gasteiger partial charge in [-0.15, -0.1) is 0 Å². The fourth-order valence-electron chi connectivity index (χ4n) is 6.55. The Morgan fingerprint density at radius 1 is 0.931 bits per heavy atom. The molecule has 2 aliphatic heterocycles. The van der Waals surface area contributed by atoms with E-state index in [4.69, 9.17) is 4.52 Å². The first-order valence-electron chi connectivity index (χ1n) is 11.8. The molecule has 3 aliphatic rings. The Morgan fingerprint density at radius 3 is 2.24 bits per heavy atom. The number of piperidine rings is 2. The first kappa shape index (κ1) is 19.6. The van der Waals surface area contributed by atoms with Crippen LogP contribution in [0, 0.1) is 11.3 Å². The minimum Gasteiger partial charge on any atom is -0.356 e. The van der Waals surface area contributed by atoms with Crippen molar-refractivity contribution in [1.82, 2.24) is 10.1 Å². The van der Waals surface area contributed by atoms with Gasteiger partial charge in [-0.1, -0.05) is 59.2 Å². The van der Waals surface area contributed by atoms with Crippen LogP contribution in [-0.2, 0) is 18.3 Å². The topological polar surface area (TPSA) is 29.3 Å². The number of aromatic nitrogens is 1. The van der Waals surface area contributed by atoms with Crippen molar-refractivity contribution in [1.29, 1.82) is 0 Å². The van der Waals surface area contributed by atoms with Gasteiger partial charge in [0.05, 0.1) is 5.69 Å². The summed E-state index contributed by atoms with van der Waals surface area (Å²) in [5, 5.41) is 5.71. The molecule has 0 saturated carbocycles. The van der Waals surface area contributed by atoms with E-state index in [1.54, 1.807) is 0 Å². The van der Waals surface area contributed by atoms with Gasteiger partial charge in [0.15, 0.2) is 5.58 Å². The fraction of sp³-hybridized carbons (Fsp3) is 0.731. The van der Waals surface area contributed by atoms with Crippen LogP contribution in [-0.4, -0.2) is 28.2 Å². The van der Waals surface area contributed by atoms with E-state index in [0.717, 1.165) is 35.7 Å². The Bertz CT molecular complexity index is 899. The third-order valence-electron chi connectivity index (χ3n) is 8.12. The van der Waals surface area contributed by atoms with Crippen LogP contribution in [0.4, 0.5) is 0 Å². The van der Waals surface area contributed by atoms with Crippen LogP contribution in [0.2, 0.25) is 0 Å². The summed E-state index contributed by atoms with van der Waals surface area (Å²) in [6.45, 7) is 14.0. The third kappa shape index (κ3) is 3.24. The molecule has 2 saturated heterocycles. The van der Waals surface area contributed by atoms with E-state index in [1.807, 2.05) is 0 Å². The molecule has 3 heteroatoms. The van der Waals surface area contributed by atoms with Crippen molar-refractivity contribution in [3.63, 3.8) is 0 Å². The predicted octanol–water partition coefficient (Wildman–Crippen LogP) is 6.27. The first-order valence-corrected chi connectivity index (χ1v) is 11.8. The Hall–Kier alpha value is -1.35. The van der Waals surface area contributed by atoms with Gasteiger partial charge in [-0.05, 0) is 61.5 Å². The van der Waals surface area contributed by atoms with Crippen LogP contribution >= 0.6 is 0 Å². The standard InChI is InChI=1S/C26H38N2O/c1-25(2,3)17-13-18-8-7-9-19(14-17)28(18)20-12-16-10-11-21-23(22(16)15-20)29-27-24(21)26(4,5)6/h10-11,17-20H,7-9,12-15H2,1-6H3. The maximum atomic E-state index is 5.94. The molecule has 0 N–H and O–H groups in total. The van der Waals surface area contributed by atoms with Gasteiger partial charge in [0, 0.05) is 34.5 Å². The fourth-order valence-corrected chi connectivity index (χ4v) is 6.55. The van der Waals surface area contributed by atoms with Gasteiger partial charge < -0.3 is 4.52 Å². The van der Waals surface area contributed by atoms with Crippen molar-refractivity contribution in [2.24, 2.45) is 11.3 Å². The van der Waals surface area contributed by atoms with Gasteiger partial charge in [-0.2, -0.15) is 0 Å². The first-order chi connectivity index (χ1) is 13.6. The molecule has 3 nitrogen and oxygen atoms in total. The van der Waals surface area contributed by atoms with Crippen LogP contribution in [0.5, 0.6) is 0 Å². The second kappa shape index (κ2) is 6.57. The Kier molecular flexibility index (Phi) is 4.44. The molecular weight excluding hydrogens is 356 g/mol. The number of rotatable bonds is 1. The van der Waals surface area contributed by atoms with Crippen molar-refractivity contribution in [3.05, 3.63) is 29.0 Å². The molecule has 158 valence electrons. The monoisotopic (exact) mass is 394 g/mol. The summed E-state index contributed by atoms with van der Waals surface area (Å²) in [7, 11) is 0. The molecule has 0 amide bonds. The van der Waals surface area contributed by atoms with Crippen molar-refractivity contribution in [3.8, 4) is 0 Å². The maximum Gasteiger partial charge on any atom is 0.170 e. The summed E-state index contributed by atoms with van der Waals surface area (Å²) < 4.78 is 5.94. The lowest BCUT2D eigenvalue weighted by molar-refractivity contribution is -0.0409. The molecule has 0 radical (unpaired) electrons. The molecule has 1 aliphatic carbocycles. The van der Waals surface area contributed by atoms with Gasteiger partial charge >= 0.3 is 0 Å². The van der Waals surface area contributed by atoms with E-state index in [0.29, 0.717) is 11.5 Å². The average Bonchev–Trinajstić information content (AvgIpc) is 3.22. The minimum atomic E-state index is 0.0172. The van der Waals surface area contributed by atoms with Crippen molar-refractivity contribution < 1.29 is 4.52 Å². The number of benzene rings is 1. The van der Waals surface area contributed by atoms with Gasteiger partial charge in [0.2, 0.25) is 0 Å². The number of fused-ring (bicyclic) bond motifs is 5. The summed E-state index contributed by atoms with van der Waals surface area (Å²) in [4.78, 5) is 2.96. The van der Waals surface area contributed by atoms with Gasteiger partial charge in [-0.25, -0.2) is 0 Å². The van der Waals surface area contributed by atoms with Crippen LogP contribution in [0.1, 0.15) is 90.5 Å². The second-order valence-corrected chi connectivity index (χ2v) is 12.1. The second-order valence-electron chi connectivity index (χ2n) is 12.1. The average molecular weight is 395 g/mol. The summed E-state index contributed by atoms with van der Waals surface area (Å²) in [6.07, 6.45) is 9.30. The van der Waals surface area contributed by atoms with E-state index >= 15 is 0 Å². The SMILES string of the molecule is CC(C)(C)c1noc2c3c(ccc12)CC(N1C2CCCC1CC(C(C)(C)C)C2)C3. The molecule has 2 bridgehead atoms. The molecule has 2 aromatic rings. The maximum absolute atomic E-state index is 5.94. The van der Waals surface area contributed by atoms with Crippen LogP contribution in [0.25, 0.3) is 11.0 Å². The van der Waals surface area contributed by atoms with E-state index < -0.39 is 0 Å². The van der Waals surface area contributed by atoms with E-state index in [2.05, 4.69) is 63.7 Å². The van der Waals surface area contributed by atoms with Crippen LogP contribution in [0.15, 0.2) is 16.7 Å². The highest BCUT2D eigenvalue weighted by Crippen LogP contribution is 2.47. The zero-order valence-corrected chi connectivity index (χ0v) is 19.2. The number of hydrogen-bond donors (Lipinski definition) is 0. The summed E-state index contributed by atoms with van der Waals surface area (Å²) in [6, 6.07) is 6.83. The summed E-state index contributed by atoms with van der Waals surface area (Å²) in [5.41, 5.74) is 5.55. The lowest BCUT2D eigenvalue weighted by atomic mass is 9.67. The molecule has 5 rings (SSSR count). The number of nitrogens with zero attached hydrogens (tertiary/aromatic N) is 2. The number of hydrogen-bond acceptors (Lipinski definition) is 3. The van der Waals surface area contributed by atoms with Crippen LogP contribution in [0.3, 0.4) is 0 Å². The predicted molar refractivity (Wildman–Crippen MR) is 119 cm³/mol. The molecule has 3 heterocycles. The van der Waals surface area contributed by atoms with Gasteiger partial charge in [0.1, 0.15) is 0 Å².